The van der Waals surface area contributed by atoms with Crippen LogP contribution in [0, 0.1) is 10.1 Å². The minimum Gasteiger partial charge on any atom is -0.504 e. The highest BCUT2D eigenvalue weighted by molar-refractivity contribution is 5.90. The van der Waals surface area contributed by atoms with Crippen LogP contribution < -0.4 is 4.74 Å². The number of phenolic OH excluding ortho intramolecular Hbond substituents is 1. The van der Waals surface area contributed by atoms with Gasteiger partial charge in [0.05, 0.1) is 18.1 Å². The number of phenols is 1. The number of ether oxygens (including phenoxy) is 1. The maximum atomic E-state index is 10.8. The molecule has 18 heavy (non-hydrogen) atoms. The molecule has 1 N–H and O–H groups in total. The second kappa shape index (κ2) is 5.76. The number of rotatable bonds is 5. The lowest BCUT2D eigenvalue weighted by Crippen LogP contribution is -1.93. The molecule has 96 valence electrons. The van der Waals surface area contributed by atoms with Crippen LogP contribution in [0.3, 0.4) is 0 Å². The Hall–Kier alpha value is -2.44. The van der Waals surface area contributed by atoms with Crippen molar-refractivity contribution < 1.29 is 19.6 Å². The first-order chi connectivity index (χ1) is 8.45. The van der Waals surface area contributed by atoms with E-state index in [4.69, 9.17) is 4.74 Å². The second-order valence-electron chi connectivity index (χ2n) is 3.49. The first-order valence-electron chi connectivity index (χ1n) is 5.03. The van der Waals surface area contributed by atoms with E-state index in [2.05, 4.69) is 4.99 Å². The molecule has 7 nitrogen and oxygen atoms in total. The van der Waals surface area contributed by atoms with Crippen LogP contribution in [0.4, 0.5) is 11.4 Å². The molecule has 1 aromatic carbocycles. The van der Waals surface area contributed by atoms with Crippen molar-refractivity contribution in [2.24, 2.45) is 4.99 Å². The van der Waals surface area contributed by atoms with E-state index in [1.54, 1.807) is 0 Å². The van der Waals surface area contributed by atoms with Gasteiger partial charge in [0.15, 0.2) is 11.5 Å². The molecule has 0 fully saturated rings. The van der Waals surface area contributed by atoms with E-state index in [1.807, 2.05) is 0 Å². The Morgan fingerprint density at radius 2 is 2.28 bits per heavy atom. The normalized spacial score (nSPS) is 10.6. The van der Waals surface area contributed by atoms with Crippen molar-refractivity contribution in [3.63, 3.8) is 0 Å². The Kier molecular flexibility index (Phi) is 4.36. The van der Waals surface area contributed by atoms with E-state index >= 15 is 0 Å². The molecule has 0 spiro atoms. The van der Waals surface area contributed by atoms with Crippen LogP contribution in [0.2, 0.25) is 0 Å². The van der Waals surface area contributed by atoms with Crippen LogP contribution in [0.5, 0.6) is 11.5 Å². The predicted molar refractivity (Wildman–Crippen MR) is 64.8 cm³/mol. The van der Waals surface area contributed by atoms with Gasteiger partial charge in [0.1, 0.15) is 11.5 Å². The number of hydrogen-bond donors (Lipinski definition) is 1. The molecule has 0 aliphatic carbocycles. The van der Waals surface area contributed by atoms with E-state index in [0.29, 0.717) is 0 Å². The van der Waals surface area contributed by atoms with Crippen molar-refractivity contribution in [1.29, 1.82) is 0 Å². The van der Waals surface area contributed by atoms with Crippen molar-refractivity contribution >= 4 is 23.4 Å². The standard InChI is InChI=1S/C11H12N2O5/c1-7(14)3-4-12-8-5-10(15)11(18-2)6-9(8)13(16)17/h4-6,15H,3H2,1-2H3/b12-4-. The lowest BCUT2D eigenvalue weighted by molar-refractivity contribution is -0.384. The van der Waals surface area contributed by atoms with Gasteiger partial charge >= 0.3 is 0 Å². The Bertz CT molecular complexity index is 510. The van der Waals surface area contributed by atoms with Crippen LogP contribution in [0.1, 0.15) is 13.3 Å². The monoisotopic (exact) mass is 252 g/mol. The number of carbonyl (C=O) groups excluding carboxylic acids is 1. The van der Waals surface area contributed by atoms with Gasteiger partial charge in [0, 0.05) is 18.7 Å². The quantitative estimate of drug-likeness (QED) is 0.490. The summed E-state index contributed by atoms with van der Waals surface area (Å²) in [5.74, 6) is -0.371. The first kappa shape index (κ1) is 13.6. The zero-order valence-electron chi connectivity index (χ0n) is 9.91. The van der Waals surface area contributed by atoms with Gasteiger partial charge in [-0.25, -0.2) is 0 Å². The van der Waals surface area contributed by atoms with Crippen LogP contribution in [0.15, 0.2) is 17.1 Å². The van der Waals surface area contributed by atoms with E-state index in [9.17, 15) is 20.0 Å². The number of ketones is 1. The Morgan fingerprint density at radius 3 is 2.78 bits per heavy atom. The molecular formula is C11H12N2O5. The Morgan fingerprint density at radius 1 is 1.61 bits per heavy atom. The molecular weight excluding hydrogens is 240 g/mol. The number of methoxy groups -OCH3 is 1. The van der Waals surface area contributed by atoms with E-state index in [-0.39, 0.29) is 35.1 Å². The molecule has 0 unspecified atom stereocenters. The Balaban J connectivity index is 3.17. The largest absolute Gasteiger partial charge is 0.504 e. The molecule has 0 saturated heterocycles. The number of Topliss-reactive ketones (excluding diaryl/α,β-unsaturated/α-hetero) is 1. The van der Waals surface area contributed by atoms with Gasteiger partial charge in [-0.15, -0.1) is 0 Å². The molecule has 0 saturated carbocycles. The number of nitro groups is 1. The summed E-state index contributed by atoms with van der Waals surface area (Å²) in [6.07, 6.45) is 1.33. The van der Waals surface area contributed by atoms with E-state index in [0.717, 1.165) is 12.1 Å². The summed E-state index contributed by atoms with van der Waals surface area (Å²) in [5, 5.41) is 20.3. The molecule has 0 amide bonds. The number of aromatic hydroxyl groups is 1. The molecule has 0 heterocycles. The van der Waals surface area contributed by atoms with Gasteiger partial charge in [-0.05, 0) is 6.92 Å². The van der Waals surface area contributed by atoms with E-state index in [1.165, 1.54) is 20.2 Å². The highest BCUT2D eigenvalue weighted by Crippen LogP contribution is 2.38. The van der Waals surface area contributed by atoms with Crippen LogP contribution in [0.25, 0.3) is 0 Å². The van der Waals surface area contributed by atoms with Crippen molar-refractivity contribution in [1.82, 2.24) is 0 Å². The van der Waals surface area contributed by atoms with Gasteiger partial charge in [0.25, 0.3) is 5.69 Å². The molecule has 0 atom stereocenters. The third-order valence-corrected chi connectivity index (χ3v) is 2.08. The lowest BCUT2D eigenvalue weighted by atomic mass is 10.2. The number of benzene rings is 1. The molecule has 0 radical (unpaired) electrons. The second-order valence-corrected chi connectivity index (χ2v) is 3.49. The Labute approximate surface area is 103 Å². The third kappa shape index (κ3) is 3.27. The summed E-state index contributed by atoms with van der Waals surface area (Å²) in [6, 6.07) is 2.20. The topological polar surface area (TPSA) is 102 Å². The number of aliphatic imine (C=N–C) groups is 1. The summed E-state index contributed by atoms with van der Waals surface area (Å²) < 4.78 is 4.77. The molecule has 1 aromatic rings. The smallest absolute Gasteiger partial charge is 0.298 e. The highest BCUT2D eigenvalue weighted by Gasteiger charge is 2.17. The average Bonchev–Trinajstić information content (AvgIpc) is 2.28. The van der Waals surface area contributed by atoms with Gasteiger partial charge < -0.3 is 9.84 Å². The number of nitrogens with zero attached hydrogens (tertiary/aromatic N) is 2. The molecule has 0 bridgehead atoms. The average molecular weight is 252 g/mol. The van der Waals surface area contributed by atoms with Crippen molar-refractivity contribution in [3.05, 3.63) is 22.2 Å². The lowest BCUT2D eigenvalue weighted by Gasteiger charge is -2.04. The predicted octanol–water partition coefficient (Wildman–Crippen LogP) is 1.99. The maximum absolute atomic E-state index is 10.8. The summed E-state index contributed by atoms with van der Waals surface area (Å²) in [6.45, 7) is 1.38. The molecule has 1 rings (SSSR count). The van der Waals surface area contributed by atoms with Gasteiger partial charge in [-0.3, -0.25) is 19.9 Å². The zero-order valence-corrected chi connectivity index (χ0v) is 9.91. The fraction of sp³-hybridized carbons (Fsp3) is 0.273. The fourth-order valence-electron chi connectivity index (χ4n) is 1.23. The summed E-state index contributed by atoms with van der Waals surface area (Å²) in [5.41, 5.74) is -0.330. The third-order valence-electron chi connectivity index (χ3n) is 2.08. The van der Waals surface area contributed by atoms with Crippen LogP contribution in [-0.2, 0) is 4.79 Å². The molecule has 0 aliphatic heterocycles. The van der Waals surface area contributed by atoms with Gasteiger partial charge in [0.2, 0.25) is 0 Å². The van der Waals surface area contributed by atoms with Crippen molar-refractivity contribution in [2.45, 2.75) is 13.3 Å². The fourth-order valence-corrected chi connectivity index (χ4v) is 1.23. The van der Waals surface area contributed by atoms with Crippen molar-refractivity contribution in [3.8, 4) is 11.5 Å². The number of nitro benzene ring substituents is 1. The van der Waals surface area contributed by atoms with Crippen LogP contribution >= 0.6 is 0 Å². The number of hydrogen-bond acceptors (Lipinski definition) is 6. The minimum atomic E-state index is -0.637. The molecule has 7 heteroatoms. The molecule has 0 aromatic heterocycles. The first-order valence-corrected chi connectivity index (χ1v) is 5.03. The zero-order chi connectivity index (χ0) is 13.7. The molecule has 0 aliphatic rings. The van der Waals surface area contributed by atoms with Gasteiger partial charge in [-0.2, -0.15) is 0 Å². The van der Waals surface area contributed by atoms with Crippen LogP contribution in [-0.4, -0.2) is 29.1 Å². The minimum absolute atomic E-state index is 0.00721. The SMILES string of the molecule is COc1cc([N+](=O)[O-])c(/N=C\CC(C)=O)cc1O. The summed E-state index contributed by atoms with van der Waals surface area (Å²) in [7, 11) is 1.29. The number of carbonyl (C=O) groups is 1. The highest BCUT2D eigenvalue weighted by atomic mass is 16.6. The van der Waals surface area contributed by atoms with E-state index < -0.39 is 4.92 Å². The maximum Gasteiger partial charge on any atom is 0.298 e. The summed E-state index contributed by atoms with van der Waals surface area (Å²) in [4.78, 5) is 24.7. The van der Waals surface area contributed by atoms with Gasteiger partial charge in [-0.1, -0.05) is 0 Å². The van der Waals surface area contributed by atoms with Crippen molar-refractivity contribution in [2.75, 3.05) is 7.11 Å². The summed E-state index contributed by atoms with van der Waals surface area (Å²) >= 11 is 0.